The number of aliphatic hydroxyl groups is 1. The Bertz CT molecular complexity index is 395. The molecule has 0 saturated heterocycles. The number of rotatable bonds is 8. The molecule has 1 heterocycles. The first-order valence-corrected chi connectivity index (χ1v) is 8.27. The molecule has 0 radical (unpaired) electrons. The summed E-state index contributed by atoms with van der Waals surface area (Å²) in [6, 6.07) is 0. The minimum absolute atomic E-state index is 0.593. The van der Waals surface area contributed by atoms with Crippen LogP contribution in [-0.2, 0) is 19.4 Å². The van der Waals surface area contributed by atoms with Gasteiger partial charge in [-0.3, -0.25) is 4.68 Å². The smallest absolute Gasteiger partial charge is 0.0766 e. The molecule has 0 aliphatic rings. The third-order valence-electron chi connectivity index (χ3n) is 3.62. The average Bonchev–Trinajstić information content (AvgIpc) is 2.66. The van der Waals surface area contributed by atoms with E-state index in [4.69, 9.17) is 0 Å². The molecule has 0 spiro atoms. The zero-order chi connectivity index (χ0) is 14.5. The summed E-state index contributed by atoms with van der Waals surface area (Å²) in [5.41, 5.74) is 1.64. The Morgan fingerprint density at radius 1 is 1.16 bits per heavy atom. The fourth-order valence-corrected chi connectivity index (χ4v) is 3.43. The molecule has 4 heteroatoms. The molecule has 0 atom stereocenters. The molecule has 0 unspecified atom stereocenters. The lowest BCUT2D eigenvalue weighted by Crippen LogP contribution is -2.32. The molecule has 0 saturated carbocycles. The van der Waals surface area contributed by atoms with E-state index in [1.54, 1.807) is 0 Å². The summed E-state index contributed by atoms with van der Waals surface area (Å²) in [5, 5.41) is 15.4. The van der Waals surface area contributed by atoms with E-state index in [2.05, 4.69) is 48.7 Å². The highest BCUT2D eigenvalue weighted by Crippen LogP contribution is 2.30. The highest BCUT2D eigenvalue weighted by Gasteiger charge is 2.29. The van der Waals surface area contributed by atoms with Gasteiger partial charge in [0, 0.05) is 13.0 Å². The van der Waals surface area contributed by atoms with Crippen LogP contribution >= 0.6 is 15.9 Å². The van der Waals surface area contributed by atoms with Gasteiger partial charge in [0.2, 0.25) is 0 Å². The first-order valence-electron chi connectivity index (χ1n) is 7.47. The van der Waals surface area contributed by atoms with Crippen molar-refractivity contribution < 1.29 is 5.11 Å². The molecular weight excluding hydrogens is 304 g/mol. The van der Waals surface area contributed by atoms with Crippen LogP contribution in [0, 0.1) is 0 Å². The second-order valence-corrected chi connectivity index (χ2v) is 6.07. The van der Waals surface area contributed by atoms with Gasteiger partial charge in [-0.1, -0.05) is 33.6 Å². The molecule has 0 bridgehead atoms. The van der Waals surface area contributed by atoms with E-state index in [-0.39, 0.29) is 0 Å². The number of hydrogen-bond acceptors (Lipinski definition) is 2. The molecular formula is C15H27BrN2O. The van der Waals surface area contributed by atoms with Crippen LogP contribution in [0.3, 0.4) is 0 Å². The fraction of sp³-hybridized carbons (Fsp3) is 0.800. The van der Waals surface area contributed by atoms with E-state index in [0.717, 1.165) is 54.5 Å². The van der Waals surface area contributed by atoms with Crippen molar-refractivity contribution in [1.82, 2.24) is 9.78 Å². The van der Waals surface area contributed by atoms with Gasteiger partial charge in [0.05, 0.1) is 21.5 Å². The summed E-state index contributed by atoms with van der Waals surface area (Å²) < 4.78 is 3.11. The van der Waals surface area contributed by atoms with Crippen molar-refractivity contribution in [2.45, 2.75) is 78.4 Å². The molecule has 3 nitrogen and oxygen atoms in total. The fourth-order valence-electron chi connectivity index (χ4n) is 2.73. The minimum Gasteiger partial charge on any atom is -0.389 e. The van der Waals surface area contributed by atoms with Crippen molar-refractivity contribution in [2.75, 3.05) is 0 Å². The third-order valence-corrected chi connectivity index (χ3v) is 4.54. The van der Waals surface area contributed by atoms with Crippen LogP contribution in [0.4, 0.5) is 0 Å². The molecule has 19 heavy (non-hydrogen) atoms. The van der Waals surface area contributed by atoms with Crippen LogP contribution in [0.15, 0.2) is 4.47 Å². The van der Waals surface area contributed by atoms with Gasteiger partial charge in [-0.2, -0.15) is 5.10 Å². The Kier molecular flexibility index (Phi) is 6.54. The summed E-state index contributed by atoms with van der Waals surface area (Å²) in [6.07, 6.45) is 5.33. The second-order valence-electron chi connectivity index (χ2n) is 5.28. The van der Waals surface area contributed by atoms with Gasteiger partial charge < -0.3 is 5.11 Å². The van der Waals surface area contributed by atoms with Crippen molar-refractivity contribution in [3.63, 3.8) is 0 Å². The Hall–Kier alpha value is -0.350. The lowest BCUT2D eigenvalue weighted by atomic mass is 9.88. The van der Waals surface area contributed by atoms with Crippen LogP contribution in [0.5, 0.6) is 0 Å². The molecule has 0 aliphatic carbocycles. The van der Waals surface area contributed by atoms with Gasteiger partial charge in [0.1, 0.15) is 0 Å². The summed E-state index contributed by atoms with van der Waals surface area (Å²) in [7, 11) is 0. The summed E-state index contributed by atoms with van der Waals surface area (Å²) in [6.45, 7) is 9.32. The molecule has 1 aromatic rings. The topological polar surface area (TPSA) is 38.1 Å². The van der Waals surface area contributed by atoms with Crippen molar-refractivity contribution >= 4 is 15.9 Å². The quantitative estimate of drug-likeness (QED) is 0.779. The average molecular weight is 331 g/mol. The van der Waals surface area contributed by atoms with E-state index in [1.165, 1.54) is 0 Å². The molecule has 0 amide bonds. The molecule has 0 aliphatic heterocycles. The molecule has 0 fully saturated rings. The SMILES string of the molecule is CCCC(O)(CCC)Cc1c(Br)c(CC)nn1CC. The third kappa shape index (κ3) is 4.06. The van der Waals surface area contributed by atoms with Crippen LogP contribution < -0.4 is 0 Å². The van der Waals surface area contributed by atoms with E-state index >= 15 is 0 Å². The first kappa shape index (κ1) is 16.7. The van der Waals surface area contributed by atoms with Gasteiger partial charge in [-0.05, 0) is 42.1 Å². The highest BCUT2D eigenvalue weighted by atomic mass is 79.9. The van der Waals surface area contributed by atoms with Gasteiger partial charge in [-0.25, -0.2) is 0 Å². The maximum Gasteiger partial charge on any atom is 0.0766 e. The van der Waals surface area contributed by atoms with Gasteiger partial charge in [-0.15, -0.1) is 0 Å². The summed E-state index contributed by atoms with van der Waals surface area (Å²) >= 11 is 3.66. The van der Waals surface area contributed by atoms with E-state index < -0.39 is 5.60 Å². The number of hydrogen-bond donors (Lipinski definition) is 1. The van der Waals surface area contributed by atoms with Crippen LogP contribution in [0.1, 0.15) is 64.8 Å². The van der Waals surface area contributed by atoms with Gasteiger partial charge in [0.25, 0.3) is 0 Å². The molecule has 1 aromatic heterocycles. The lowest BCUT2D eigenvalue weighted by molar-refractivity contribution is 0.0196. The van der Waals surface area contributed by atoms with Gasteiger partial charge >= 0.3 is 0 Å². The second kappa shape index (κ2) is 7.44. The van der Waals surface area contributed by atoms with Gasteiger partial charge in [0.15, 0.2) is 0 Å². The Labute approximate surface area is 125 Å². The van der Waals surface area contributed by atoms with Crippen molar-refractivity contribution in [3.05, 3.63) is 15.9 Å². The van der Waals surface area contributed by atoms with Crippen LogP contribution in [-0.4, -0.2) is 20.5 Å². The monoisotopic (exact) mass is 330 g/mol. The number of aromatic nitrogens is 2. The van der Waals surface area contributed by atoms with Crippen LogP contribution in [0.25, 0.3) is 0 Å². The predicted molar refractivity (Wildman–Crippen MR) is 83.4 cm³/mol. The predicted octanol–water partition coefficient (Wildman–Crippen LogP) is 4.10. The molecule has 110 valence electrons. The highest BCUT2D eigenvalue weighted by molar-refractivity contribution is 9.10. The van der Waals surface area contributed by atoms with Crippen molar-refractivity contribution in [2.24, 2.45) is 0 Å². The Morgan fingerprint density at radius 2 is 1.74 bits per heavy atom. The maximum absolute atomic E-state index is 10.8. The summed E-state index contributed by atoms with van der Waals surface area (Å²) in [5.74, 6) is 0. The standard InChI is InChI=1S/C15H27BrN2O/c1-5-9-15(19,10-6-2)11-13-14(16)12(7-3)17-18(13)8-4/h19H,5-11H2,1-4H3. The Balaban J connectivity index is 3.04. The van der Waals surface area contributed by atoms with E-state index in [0.29, 0.717) is 6.42 Å². The van der Waals surface area contributed by atoms with E-state index in [1.807, 2.05) is 4.68 Å². The van der Waals surface area contributed by atoms with Crippen molar-refractivity contribution in [1.29, 1.82) is 0 Å². The zero-order valence-corrected chi connectivity index (χ0v) is 14.3. The number of nitrogens with zero attached hydrogens (tertiary/aromatic N) is 2. The Morgan fingerprint density at radius 3 is 2.16 bits per heavy atom. The zero-order valence-electron chi connectivity index (χ0n) is 12.7. The molecule has 1 rings (SSSR count). The minimum atomic E-state index is -0.593. The molecule has 0 aromatic carbocycles. The first-order chi connectivity index (χ1) is 9.01. The normalized spacial score (nSPS) is 12.1. The lowest BCUT2D eigenvalue weighted by Gasteiger charge is -2.28. The largest absolute Gasteiger partial charge is 0.389 e. The maximum atomic E-state index is 10.8. The number of halogens is 1. The van der Waals surface area contributed by atoms with Crippen molar-refractivity contribution in [3.8, 4) is 0 Å². The summed E-state index contributed by atoms with van der Waals surface area (Å²) in [4.78, 5) is 0. The van der Waals surface area contributed by atoms with Crippen LogP contribution in [0.2, 0.25) is 0 Å². The van der Waals surface area contributed by atoms with E-state index in [9.17, 15) is 5.11 Å². The number of aryl methyl sites for hydroxylation is 2. The molecule has 1 N–H and O–H groups in total.